The summed E-state index contributed by atoms with van der Waals surface area (Å²) in [5, 5.41) is 0. The van der Waals surface area contributed by atoms with Crippen LogP contribution < -0.4 is 9.47 Å². The molecule has 3 aromatic carbocycles. The maximum Gasteiger partial charge on any atom is 0.343 e. The van der Waals surface area contributed by atoms with Crippen LogP contribution in [-0.2, 0) is 6.42 Å². The average Bonchev–Trinajstić information content (AvgIpc) is 2.84. The molecule has 0 aliphatic rings. The van der Waals surface area contributed by atoms with E-state index in [-0.39, 0.29) is 5.97 Å². The molecule has 3 nitrogen and oxygen atoms in total. The molecule has 0 aliphatic carbocycles. The summed E-state index contributed by atoms with van der Waals surface area (Å²) < 4.78 is 11.0. The standard InChI is InChI=1S/C29H34O3/c1-3-5-6-7-8-9-23-10-12-24(13-11-23)25-14-16-26(17-15-25)29(30)32-28-20-18-27(19-21-28)31-22-4-2/h10-21H,3-9,22H2,1-2H3. The van der Waals surface area contributed by atoms with Gasteiger partial charge >= 0.3 is 5.97 Å². The Labute approximate surface area is 192 Å². The van der Waals surface area contributed by atoms with Crippen molar-refractivity contribution in [2.45, 2.75) is 58.8 Å². The molecule has 3 aromatic rings. The van der Waals surface area contributed by atoms with Crippen molar-refractivity contribution in [2.24, 2.45) is 0 Å². The second kappa shape index (κ2) is 12.7. The highest BCUT2D eigenvalue weighted by molar-refractivity contribution is 5.91. The number of esters is 1. The third-order valence-electron chi connectivity index (χ3n) is 5.48. The number of aryl methyl sites for hydroxylation is 1. The molecular formula is C29H34O3. The van der Waals surface area contributed by atoms with Gasteiger partial charge in [0, 0.05) is 0 Å². The van der Waals surface area contributed by atoms with E-state index >= 15 is 0 Å². The monoisotopic (exact) mass is 430 g/mol. The third kappa shape index (κ3) is 7.26. The van der Waals surface area contributed by atoms with E-state index in [0.29, 0.717) is 17.9 Å². The molecular weight excluding hydrogens is 396 g/mol. The Bertz CT molecular complexity index is 941. The van der Waals surface area contributed by atoms with E-state index in [4.69, 9.17) is 9.47 Å². The van der Waals surface area contributed by atoms with Crippen molar-refractivity contribution in [3.05, 3.63) is 83.9 Å². The van der Waals surface area contributed by atoms with Crippen molar-refractivity contribution >= 4 is 5.97 Å². The molecule has 0 saturated carbocycles. The summed E-state index contributed by atoms with van der Waals surface area (Å²) in [6, 6.07) is 23.5. The summed E-state index contributed by atoms with van der Waals surface area (Å²) in [5.41, 5.74) is 4.16. The first-order valence-electron chi connectivity index (χ1n) is 11.8. The third-order valence-corrected chi connectivity index (χ3v) is 5.48. The van der Waals surface area contributed by atoms with E-state index in [2.05, 4.69) is 38.1 Å². The minimum Gasteiger partial charge on any atom is -0.494 e. The molecule has 0 unspecified atom stereocenters. The van der Waals surface area contributed by atoms with E-state index in [1.54, 1.807) is 12.1 Å². The number of hydrogen-bond acceptors (Lipinski definition) is 3. The van der Waals surface area contributed by atoms with E-state index in [1.165, 1.54) is 37.7 Å². The van der Waals surface area contributed by atoms with Crippen LogP contribution in [0.5, 0.6) is 11.5 Å². The molecule has 0 N–H and O–H groups in total. The molecule has 0 amide bonds. The number of carbonyl (C=O) groups is 1. The number of benzene rings is 3. The van der Waals surface area contributed by atoms with Crippen LogP contribution >= 0.6 is 0 Å². The molecule has 32 heavy (non-hydrogen) atoms. The van der Waals surface area contributed by atoms with Gasteiger partial charge < -0.3 is 9.47 Å². The Morgan fingerprint density at radius 2 is 1.25 bits per heavy atom. The first-order valence-corrected chi connectivity index (χ1v) is 11.8. The lowest BCUT2D eigenvalue weighted by atomic mass is 10.00. The number of hydrogen-bond donors (Lipinski definition) is 0. The highest BCUT2D eigenvalue weighted by Crippen LogP contribution is 2.23. The van der Waals surface area contributed by atoms with Crippen molar-refractivity contribution in [3.63, 3.8) is 0 Å². The van der Waals surface area contributed by atoms with Crippen molar-refractivity contribution in [1.82, 2.24) is 0 Å². The van der Waals surface area contributed by atoms with Crippen LogP contribution in [-0.4, -0.2) is 12.6 Å². The van der Waals surface area contributed by atoms with Gasteiger partial charge in [-0.25, -0.2) is 4.79 Å². The summed E-state index contributed by atoms with van der Waals surface area (Å²) in [5.74, 6) is 0.920. The fourth-order valence-electron chi connectivity index (χ4n) is 3.59. The maximum atomic E-state index is 12.5. The van der Waals surface area contributed by atoms with E-state index in [9.17, 15) is 4.79 Å². The van der Waals surface area contributed by atoms with Crippen LogP contribution in [0.15, 0.2) is 72.8 Å². The Kier molecular flexibility index (Phi) is 9.37. The van der Waals surface area contributed by atoms with Crippen molar-refractivity contribution < 1.29 is 14.3 Å². The molecule has 0 atom stereocenters. The van der Waals surface area contributed by atoms with Gasteiger partial charge in [0.25, 0.3) is 0 Å². The fraction of sp³-hybridized carbons (Fsp3) is 0.345. The zero-order valence-electron chi connectivity index (χ0n) is 19.3. The molecule has 0 radical (unpaired) electrons. The zero-order chi connectivity index (χ0) is 22.6. The highest BCUT2D eigenvalue weighted by atomic mass is 16.5. The van der Waals surface area contributed by atoms with Crippen LogP contribution in [0, 0.1) is 0 Å². The van der Waals surface area contributed by atoms with Crippen molar-refractivity contribution in [1.29, 1.82) is 0 Å². The molecule has 168 valence electrons. The van der Waals surface area contributed by atoms with Gasteiger partial charge in [-0.2, -0.15) is 0 Å². The van der Waals surface area contributed by atoms with Crippen LogP contribution in [0.3, 0.4) is 0 Å². The highest BCUT2D eigenvalue weighted by Gasteiger charge is 2.09. The number of rotatable bonds is 12. The largest absolute Gasteiger partial charge is 0.494 e. The van der Waals surface area contributed by atoms with E-state index in [1.807, 2.05) is 36.4 Å². The second-order valence-electron chi connectivity index (χ2n) is 8.15. The first kappa shape index (κ1) is 23.6. The predicted molar refractivity (Wildman–Crippen MR) is 132 cm³/mol. The smallest absolute Gasteiger partial charge is 0.343 e. The van der Waals surface area contributed by atoms with Gasteiger partial charge in [-0.15, -0.1) is 0 Å². The van der Waals surface area contributed by atoms with Crippen LogP contribution in [0.4, 0.5) is 0 Å². The minimum atomic E-state index is -0.364. The van der Waals surface area contributed by atoms with Crippen molar-refractivity contribution in [3.8, 4) is 22.6 Å². The van der Waals surface area contributed by atoms with Gasteiger partial charge in [0.15, 0.2) is 0 Å². The Balaban J connectivity index is 1.53. The number of unbranched alkanes of at least 4 members (excludes halogenated alkanes) is 4. The topological polar surface area (TPSA) is 35.5 Å². The molecule has 0 bridgehead atoms. The molecule has 3 rings (SSSR count). The number of carbonyl (C=O) groups excluding carboxylic acids is 1. The Hall–Kier alpha value is -3.07. The molecule has 0 spiro atoms. The molecule has 0 aromatic heterocycles. The molecule has 0 heterocycles. The van der Waals surface area contributed by atoms with Crippen LogP contribution in [0.2, 0.25) is 0 Å². The number of ether oxygens (including phenoxy) is 2. The molecule has 0 fully saturated rings. The zero-order valence-corrected chi connectivity index (χ0v) is 19.3. The van der Waals surface area contributed by atoms with E-state index < -0.39 is 0 Å². The fourth-order valence-corrected chi connectivity index (χ4v) is 3.59. The lowest BCUT2D eigenvalue weighted by Crippen LogP contribution is -2.08. The van der Waals surface area contributed by atoms with Gasteiger partial charge in [0.1, 0.15) is 11.5 Å². The summed E-state index contributed by atoms with van der Waals surface area (Å²) in [6.07, 6.45) is 8.61. The van der Waals surface area contributed by atoms with Gasteiger partial charge in [-0.05, 0) is 72.4 Å². The Morgan fingerprint density at radius 3 is 1.88 bits per heavy atom. The summed E-state index contributed by atoms with van der Waals surface area (Å²) in [4.78, 5) is 12.5. The summed E-state index contributed by atoms with van der Waals surface area (Å²) >= 11 is 0. The summed E-state index contributed by atoms with van der Waals surface area (Å²) in [7, 11) is 0. The first-order chi connectivity index (χ1) is 15.7. The normalized spacial score (nSPS) is 10.7. The minimum absolute atomic E-state index is 0.364. The van der Waals surface area contributed by atoms with Crippen LogP contribution in [0.25, 0.3) is 11.1 Å². The van der Waals surface area contributed by atoms with Crippen molar-refractivity contribution in [2.75, 3.05) is 6.61 Å². The van der Waals surface area contributed by atoms with E-state index in [0.717, 1.165) is 29.7 Å². The maximum absolute atomic E-state index is 12.5. The molecule has 3 heteroatoms. The quantitative estimate of drug-likeness (QED) is 0.167. The lowest BCUT2D eigenvalue weighted by molar-refractivity contribution is 0.0734. The van der Waals surface area contributed by atoms with Gasteiger partial charge in [-0.1, -0.05) is 75.9 Å². The molecule has 0 saturated heterocycles. The lowest BCUT2D eigenvalue weighted by Gasteiger charge is -2.08. The molecule has 0 aliphatic heterocycles. The SMILES string of the molecule is CCCCCCCc1ccc(-c2ccc(C(=O)Oc3ccc(OCCC)cc3)cc2)cc1. The average molecular weight is 431 g/mol. The van der Waals surface area contributed by atoms with Gasteiger partial charge in [0.05, 0.1) is 12.2 Å². The Morgan fingerprint density at radius 1 is 0.656 bits per heavy atom. The van der Waals surface area contributed by atoms with Crippen LogP contribution in [0.1, 0.15) is 68.3 Å². The second-order valence-corrected chi connectivity index (χ2v) is 8.15. The van der Waals surface area contributed by atoms with Gasteiger partial charge in [-0.3, -0.25) is 0 Å². The summed E-state index contributed by atoms with van der Waals surface area (Å²) in [6.45, 7) is 4.98. The predicted octanol–water partition coefficient (Wildman–Crippen LogP) is 7.87. The van der Waals surface area contributed by atoms with Gasteiger partial charge in [0.2, 0.25) is 0 Å².